The number of carbonyl (C=O) groups is 2. The summed E-state index contributed by atoms with van der Waals surface area (Å²) in [5, 5.41) is 3.61. The Hall–Kier alpha value is -2.34. The lowest BCUT2D eigenvalue weighted by atomic mass is 10.1. The topological polar surface area (TPSA) is 67.2 Å². The Balaban J connectivity index is 1.47. The van der Waals surface area contributed by atoms with Crippen LogP contribution in [-0.2, 0) is 22.6 Å². The van der Waals surface area contributed by atoms with Gasteiger partial charge in [0.1, 0.15) is 6.54 Å². The van der Waals surface area contributed by atoms with Gasteiger partial charge in [0.05, 0.1) is 12.4 Å². The van der Waals surface area contributed by atoms with E-state index < -0.39 is 0 Å². The molecule has 2 amide bonds. The molecule has 1 aliphatic heterocycles. The van der Waals surface area contributed by atoms with Crippen molar-refractivity contribution in [1.29, 1.82) is 0 Å². The predicted octanol–water partition coefficient (Wildman–Crippen LogP) is 1.50. The molecule has 126 valence electrons. The summed E-state index contributed by atoms with van der Waals surface area (Å²) in [5.41, 5.74) is 1.10. The Morgan fingerprint density at radius 2 is 2.29 bits per heavy atom. The summed E-state index contributed by atoms with van der Waals surface area (Å²) in [4.78, 5) is 29.8. The number of nitrogens with zero attached hydrogens (tertiary/aromatic N) is 3. The van der Waals surface area contributed by atoms with Gasteiger partial charge in [-0.15, -0.1) is 0 Å². The van der Waals surface area contributed by atoms with Crippen LogP contribution < -0.4 is 5.32 Å². The van der Waals surface area contributed by atoms with Gasteiger partial charge in [-0.3, -0.25) is 9.59 Å². The van der Waals surface area contributed by atoms with Crippen LogP contribution in [0.25, 0.3) is 0 Å². The number of halogens is 1. The molecule has 1 atom stereocenters. The number of rotatable bonds is 6. The Labute approximate surface area is 145 Å². The van der Waals surface area contributed by atoms with Gasteiger partial charge >= 0.3 is 0 Å². The lowest BCUT2D eigenvalue weighted by molar-refractivity contribution is -0.127. The van der Waals surface area contributed by atoms with Crippen LogP contribution in [-0.4, -0.2) is 45.4 Å². The van der Waals surface area contributed by atoms with E-state index in [-0.39, 0.29) is 24.4 Å². The number of hydrogen-bond donors (Lipinski definition) is 1. The molecule has 1 N–H and O–H groups in total. The molecule has 2 aromatic rings. The first-order valence-corrected chi connectivity index (χ1v) is 8.25. The summed E-state index contributed by atoms with van der Waals surface area (Å²) < 4.78 is 1.70. The van der Waals surface area contributed by atoms with Crippen molar-refractivity contribution in [2.45, 2.75) is 25.4 Å². The molecule has 1 aromatic heterocycles. The minimum absolute atomic E-state index is 0.0740. The zero-order chi connectivity index (χ0) is 16.9. The van der Waals surface area contributed by atoms with Crippen LogP contribution >= 0.6 is 11.6 Å². The van der Waals surface area contributed by atoms with Crippen LogP contribution in [0.15, 0.2) is 43.0 Å². The maximum Gasteiger partial charge on any atom is 0.240 e. The van der Waals surface area contributed by atoms with Crippen molar-refractivity contribution in [1.82, 2.24) is 19.8 Å². The SMILES string of the molecule is O=C(Cn1ccnc1)N[C@H]1CC(=O)N(CCc2cccc(Cl)c2)C1. The standard InChI is InChI=1S/C17H19ClN4O2/c18-14-3-1-2-13(8-14)4-6-22-10-15(9-17(22)24)20-16(23)11-21-7-5-19-12-21/h1-3,5,7-8,12,15H,4,6,9-11H2,(H,20,23)/t15-/m0/s1. The summed E-state index contributed by atoms with van der Waals surface area (Å²) in [7, 11) is 0. The van der Waals surface area contributed by atoms with Crippen LogP contribution in [0.1, 0.15) is 12.0 Å². The zero-order valence-corrected chi connectivity index (χ0v) is 13.9. The molecular weight excluding hydrogens is 328 g/mol. The summed E-state index contributed by atoms with van der Waals surface area (Å²) in [6.07, 6.45) is 6.06. The average molecular weight is 347 g/mol. The van der Waals surface area contributed by atoms with Crippen molar-refractivity contribution in [3.63, 3.8) is 0 Å². The van der Waals surface area contributed by atoms with Crippen LogP contribution in [0, 0.1) is 0 Å². The predicted molar refractivity (Wildman–Crippen MR) is 90.5 cm³/mol. The molecule has 3 rings (SSSR count). The van der Waals surface area contributed by atoms with Gasteiger partial charge in [-0.2, -0.15) is 0 Å². The first kappa shape index (κ1) is 16.5. The second-order valence-corrected chi connectivity index (χ2v) is 6.36. The highest BCUT2D eigenvalue weighted by atomic mass is 35.5. The van der Waals surface area contributed by atoms with E-state index in [0.717, 1.165) is 12.0 Å². The molecule has 6 nitrogen and oxygen atoms in total. The van der Waals surface area contributed by atoms with Gasteiger partial charge in [0.15, 0.2) is 0 Å². The van der Waals surface area contributed by atoms with Gasteiger partial charge in [0.2, 0.25) is 11.8 Å². The van der Waals surface area contributed by atoms with Crippen LogP contribution in [0.4, 0.5) is 0 Å². The molecular formula is C17H19ClN4O2. The fourth-order valence-corrected chi connectivity index (χ4v) is 3.07. The Morgan fingerprint density at radius 1 is 1.42 bits per heavy atom. The number of likely N-dealkylation sites (tertiary alicyclic amines) is 1. The number of imidazole rings is 1. The van der Waals surface area contributed by atoms with E-state index in [4.69, 9.17) is 11.6 Å². The summed E-state index contributed by atoms with van der Waals surface area (Å²) in [5.74, 6) is -0.0348. The second-order valence-electron chi connectivity index (χ2n) is 5.92. The third-order valence-electron chi connectivity index (χ3n) is 4.02. The van der Waals surface area contributed by atoms with Gasteiger partial charge in [-0.05, 0) is 24.1 Å². The highest BCUT2D eigenvalue weighted by Gasteiger charge is 2.30. The molecule has 0 unspecified atom stereocenters. The van der Waals surface area contributed by atoms with E-state index >= 15 is 0 Å². The molecule has 1 aliphatic rings. The number of benzene rings is 1. The Kier molecular flexibility index (Phi) is 5.15. The third kappa shape index (κ3) is 4.35. The normalized spacial score (nSPS) is 17.3. The van der Waals surface area contributed by atoms with Crippen molar-refractivity contribution in [3.05, 3.63) is 53.6 Å². The van der Waals surface area contributed by atoms with Gasteiger partial charge in [0.25, 0.3) is 0 Å². The number of aromatic nitrogens is 2. The van der Waals surface area contributed by atoms with Crippen LogP contribution in [0.2, 0.25) is 5.02 Å². The molecule has 1 aromatic carbocycles. The quantitative estimate of drug-likeness (QED) is 0.861. The fourth-order valence-electron chi connectivity index (χ4n) is 2.86. The van der Waals surface area contributed by atoms with Gasteiger partial charge in [-0.1, -0.05) is 23.7 Å². The Bertz CT molecular complexity index is 717. The first-order chi connectivity index (χ1) is 11.6. The van der Waals surface area contributed by atoms with E-state index in [1.54, 1.807) is 28.2 Å². The average Bonchev–Trinajstić information content (AvgIpc) is 3.15. The van der Waals surface area contributed by atoms with Gasteiger partial charge < -0.3 is 14.8 Å². The van der Waals surface area contributed by atoms with E-state index in [2.05, 4.69) is 10.3 Å². The highest BCUT2D eigenvalue weighted by Crippen LogP contribution is 2.15. The molecule has 7 heteroatoms. The monoisotopic (exact) mass is 346 g/mol. The van der Waals surface area contributed by atoms with Crippen molar-refractivity contribution < 1.29 is 9.59 Å². The first-order valence-electron chi connectivity index (χ1n) is 7.87. The molecule has 1 fully saturated rings. The van der Waals surface area contributed by atoms with Crippen molar-refractivity contribution in [2.24, 2.45) is 0 Å². The molecule has 0 saturated carbocycles. The lowest BCUT2D eigenvalue weighted by Gasteiger charge is -2.17. The molecule has 0 radical (unpaired) electrons. The number of hydrogen-bond acceptors (Lipinski definition) is 3. The highest BCUT2D eigenvalue weighted by molar-refractivity contribution is 6.30. The maximum atomic E-state index is 12.1. The molecule has 2 heterocycles. The van der Waals surface area contributed by atoms with E-state index in [9.17, 15) is 9.59 Å². The van der Waals surface area contributed by atoms with Crippen LogP contribution in [0.5, 0.6) is 0 Å². The number of amides is 2. The van der Waals surface area contributed by atoms with E-state index in [0.29, 0.717) is 24.5 Å². The van der Waals surface area contributed by atoms with Crippen molar-refractivity contribution in [2.75, 3.05) is 13.1 Å². The minimum atomic E-state index is -0.132. The molecule has 1 saturated heterocycles. The van der Waals surface area contributed by atoms with Crippen LogP contribution in [0.3, 0.4) is 0 Å². The lowest BCUT2D eigenvalue weighted by Crippen LogP contribution is -2.39. The second kappa shape index (κ2) is 7.49. The number of nitrogens with one attached hydrogen (secondary N) is 1. The van der Waals surface area contributed by atoms with E-state index in [1.165, 1.54) is 0 Å². The third-order valence-corrected chi connectivity index (χ3v) is 4.26. The largest absolute Gasteiger partial charge is 0.350 e. The van der Waals surface area contributed by atoms with Gasteiger partial charge in [0, 0.05) is 36.9 Å². The summed E-state index contributed by atoms with van der Waals surface area (Å²) in [6.45, 7) is 1.40. The fraction of sp³-hybridized carbons (Fsp3) is 0.353. The molecule has 0 spiro atoms. The molecule has 24 heavy (non-hydrogen) atoms. The summed E-state index contributed by atoms with van der Waals surface area (Å²) in [6, 6.07) is 7.51. The van der Waals surface area contributed by atoms with Crippen molar-refractivity contribution >= 4 is 23.4 Å². The minimum Gasteiger partial charge on any atom is -0.350 e. The molecule has 0 bridgehead atoms. The smallest absolute Gasteiger partial charge is 0.240 e. The van der Waals surface area contributed by atoms with E-state index in [1.807, 2.05) is 24.3 Å². The Morgan fingerprint density at radius 3 is 3.04 bits per heavy atom. The summed E-state index contributed by atoms with van der Waals surface area (Å²) >= 11 is 5.97. The van der Waals surface area contributed by atoms with Gasteiger partial charge in [-0.25, -0.2) is 4.98 Å². The molecule has 0 aliphatic carbocycles. The zero-order valence-electron chi connectivity index (χ0n) is 13.2. The maximum absolute atomic E-state index is 12.1. The van der Waals surface area contributed by atoms with Crippen molar-refractivity contribution in [3.8, 4) is 0 Å². The number of carbonyl (C=O) groups excluding carboxylic acids is 2.